The number of nitro groups is 1. The van der Waals surface area contributed by atoms with Crippen molar-refractivity contribution in [3.8, 4) is 0 Å². The van der Waals surface area contributed by atoms with Crippen LogP contribution in [0.2, 0.25) is 5.02 Å². The van der Waals surface area contributed by atoms with Gasteiger partial charge in [-0.25, -0.2) is 0 Å². The molecule has 130 valence electrons. The van der Waals surface area contributed by atoms with Crippen LogP contribution in [-0.2, 0) is 6.54 Å². The topological polar surface area (TPSA) is 62.0 Å². The highest BCUT2D eigenvalue weighted by Crippen LogP contribution is 2.24. The number of piperazine rings is 1. The van der Waals surface area contributed by atoms with Crippen molar-refractivity contribution in [1.29, 1.82) is 0 Å². The Balaban J connectivity index is 1.54. The maximum atomic E-state index is 10.9. The second kappa shape index (κ2) is 8.09. The van der Waals surface area contributed by atoms with Crippen LogP contribution in [0, 0.1) is 10.1 Å². The number of benzene rings is 2. The molecule has 2 aromatic carbocycles. The van der Waals surface area contributed by atoms with Gasteiger partial charge in [-0.05, 0) is 11.6 Å². The molecule has 3 rings (SSSR count). The van der Waals surface area contributed by atoms with Crippen molar-refractivity contribution in [3.63, 3.8) is 0 Å². The van der Waals surface area contributed by atoms with Crippen molar-refractivity contribution in [2.24, 2.45) is 5.10 Å². The molecule has 7 heteroatoms. The molecule has 6 nitrogen and oxygen atoms in total. The van der Waals surface area contributed by atoms with E-state index in [1.165, 1.54) is 17.7 Å². The largest absolute Gasteiger partial charge is 0.295 e. The van der Waals surface area contributed by atoms with Gasteiger partial charge in [0.25, 0.3) is 5.69 Å². The third-order valence-electron chi connectivity index (χ3n) is 4.13. The van der Waals surface area contributed by atoms with Gasteiger partial charge in [-0.15, -0.1) is 0 Å². The minimum absolute atomic E-state index is 0.0988. The zero-order chi connectivity index (χ0) is 17.6. The van der Waals surface area contributed by atoms with Crippen LogP contribution in [0.1, 0.15) is 11.1 Å². The zero-order valence-corrected chi connectivity index (χ0v) is 14.5. The smallest absolute Gasteiger partial charge is 0.288 e. The molecule has 0 saturated carbocycles. The Morgan fingerprint density at radius 2 is 1.84 bits per heavy atom. The van der Waals surface area contributed by atoms with Gasteiger partial charge < -0.3 is 0 Å². The molecule has 0 bridgehead atoms. The van der Waals surface area contributed by atoms with Crippen molar-refractivity contribution in [1.82, 2.24) is 9.91 Å². The fraction of sp³-hybridized carbons (Fsp3) is 0.278. The van der Waals surface area contributed by atoms with Crippen molar-refractivity contribution in [2.45, 2.75) is 6.54 Å². The standard InChI is InChI=1S/C18H19ClN4O2/c19-17-7-6-16(12-18(17)23(24)25)13-20-22-10-8-21(9-11-22)14-15-4-2-1-3-5-15/h1-7,12-13H,8-11,14H2. The molecule has 0 radical (unpaired) electrons. The van der Waals surface area contributed by atoms with Gasteiger partial charge in [0.15, 0.2) is 0 Å². The lowest BCUT2D eigenvalue weighted by Gasteiger charge is -2.33. The lowest BCUT2D eigenvalue weighted by Crippen LogP contribution is -2.43. The third kappa shape index (κ3) is 4.78. The predicted molar refractivity (Wildman–Crippen MR) is 99.0 cm³/mol. The summed E-state index contributed by atoms with van der Waals surface area (Å²) < 4.78 is 0. The molecular formula is C18H19ClN4O2. The average Bonchev–Trinajstić information content (AvgIpc) is 2.63. The number of hydrogen-bond acceptors (Lipinski definition) is 5. The molecule has 1 aliphatic heterocycles. The molecule has 1 saturated heterocycles. The van der Waals surface area contributed by atoms with E-state index in [0.29, 0.717) is 5.56 Å². The summed E-state index contributed by atoms with van der Waals surface area (Å²) in [4.78, 5) is 12.8. The van der Waals surface area contributed by atoms with E-state index in [1.807, 2.05) is 11.1 Å². The number of halogens is 1. The van der Waals surface area contributed by atoms with E-state index in [9.17, 15) is 10.1 Å². The summed E-state index contributed by atoms with van der Waals surface area (Å²) >= 11 is 5.82. The SMILES string of the molecule is O=[N+]([O-])c1cc(C=NN2CCN(Cc3ccccc3)CC2)ccc1Cl. The fourth-order valence-corrected chi connectivity index (χ4v) is 2.94. The van der Waals surface area contributed by atoms with Crippen molar-refractivity contribution >= 4 is 23.5 Å². The van der Waals surface area contributed by atoms with Gasteiger partial charge >= 0.3 is 0 Å². The zero-order valence-electron chi connectivity index (χ0n) is 13.7. The van der Waals surface area contributed by atoms with Crippen LogP contribution < -0.4 is 0 Å². The summed E-state index contributed by atoms with van der Waals surface area (Å²) in [6.07, 6.45) is 1.65. The molecule has 2 aromatic rings. The molecule has 0 N–H and O–H groups in total. The van der Waals surface area contributed by atoms with E-state index in [4.69, 9.17) is 11.6 Å². The van der Waals surface area contributed by atoms with Crippen LogP contribution in [0.4, 0.5) is 5.69 Å². The van der Waals surface area contributed by atoms with Crippen LogP contribution in [0.5, 0.6) is 0 Å². The van der Waals surface area contributed by atoms with Gasteiger partial charge in [-0.3, -0.25) is 20.0 Å². The van der Waals surface area contributed by atoms with Crippen molar-refractivity contribution < 1.29 is 4.92 Å². The number of nitrogens with zero attached hydrogens (tertiary/aromatic N) is 4. The Labute approximate surface area is 151 Å². The Hall–Kier alpha value is -2.44. The molecule has 1 aliphatic rings. The minimum atomic E-state index is -0.484. The van der Waals surface area contributed by atoms with Gasteiger partial charge in [-0.2, -0.15) is 5.10 Å². The van der Waals surface area contributed by atoms with E-state index in [0.717, 1.165) is 32.7 Å². The van der Waals surface area contributed by atoms with Crippen molar-refractivity contribution in [2.75, 3.05) is 26.2 Å². The van der Waals surface area contributed by atoms with Crippen LogP contribution in [0.25, 0.3) is 0 Å². The first-order chi connectivity index (χ1) is 12.1. The summed E-state index contributed by atoms with van der Waals surface area (Å²) in [5.74, 6) is 0. The molecule has 1 fully saturated rings. The maximum Gasteiger partial charge on any atom is 0.288 e. The second-order valence-corrected chi connectivity index (χ2v) is 6.34. The quantitative estimate of drug-likeness (QED) is 0.467. The summed E-state index contributed by atoms with van der Waals surface area (Å²) in [6.45, 7) is 4.49. The molecule has 25 heavy (non-hydrogen) atoms. The average molecular weight is 359 g/mol. The second-order valence-electron chi connectivity index (χ2n) is 5.93. The lowest BCUT2D eigenvalue weighted by molar-refractivity contribution is -0.384. The maximum absolute atomic E-state index is 10.9. The molecule has 0 atom stereocenters. The molecular weight excluding hydrogens is 340 g/mol. The highest BCUT2D eigenvalue weighted by Gasteiger charge is 2.16. The van der Waals surface area contributed by atoms with Gasteiger partial charge in [0.05, 0.1) is 11.1 Å². The van der Waals surface area contributed by atoms with E-state index < -0.39 is 4.92 Å². The summed E-state index contributed by atoms with van der Waals surface area (Å²) in [6, 6.07) is 15.1. The van der Waals surface area contributed by atoms with Crippen LogP contribution >= 0.6 is 11.6 Å². The Morgan fingerprint density at radius 1 is 1.12 bits per heavy atom. The van der Waals surface area contributed by atoms with Crippen molar-refractivity contribution in [3.05, 3.63) is 74.8 Å². The molecule has 1 heterocycles. The van der Waals surface area contributed by atoms with E-state index in [2.05, 4.69) is 34.3 Å². The van der Waals surface area contributed by atoms with Crippen LogP contribution in [0.15, 0.2) is 53.6 Å². The number of rotatable bonds is 5. The Bertz CT molecular complexity index is 759. The predicted octanol–water partition coefficient (Wildman–Crippen LogP) is 3.40. The Kier molecular flexibility index (Phi) is 5.63. The first kappa shape index (κ1) is 17.4. The molecule has 0 aliphatic carbocycles. The van der Waals surface area contributed by atoms with E-state index >= 15 is 0 Å². The minimum Gasteiger partial charge on any atom is -0.295 e. The monoisotopic (exact) mass is 358 g/mol. The van der Waals surface area contributed by atoms with Crippen LogP contribution in [0.3, 0.4) is 0 Å². The summed E-state index contributed by atoms with van der Waals surface area (Å²) in [5.41, 5.74) is 1.88. The van der Waals surface area contributed by atoms with E-state index in [1.54, 1.807) is 12.3 Å². The number of hydrazone groups is 1. The van der Waals surface area contributed by atoms with E-state index in [-0.39, 0.29) is 10.7 Å². The molecule has 0 amide bonds. The first-order valence-corrected chi connectivity index (χ1v) is 8.49. The number of hydrogen-bond donors (Lipinski definition) is 0. The number of nitro benzene ring substituents is 1. The lowest BCUT2D eigenvalue weighted by atomic mass is 10.2. The Morgan fingerprint density at radius 3 is 2.52 bits per heavy atom. The fourth-order valence-electron chi connectivity index (χ4n) is 2.75. The highest BCUT2D eigenvalue weighted by molar-refractivity contribution is 6.32. The normalized spacial score (nSPS) is 15.6. The van der Waals surface area contributed by atoms with Gasteiger partial charge in [0, 0.05) is 44.4 Å². The summed E-state index contributed by atoms with van der Waals surface area (Å²) in [7, 11) is 0. The summed E-state index contributed by atoms with van der Waals surface area (Å²) in [5, 5.41) is 17.5. The molecule has 0 aromatic heterocycles. The highest BCUT2D eigenvalue weighted by atomic mass is 35.5. The third-order valence-corrected chi connectivity index (χ3v) is 4.45. The van der Waals surface area contributed by atoms with Crippen LogP contribution in [-0.4, -0.2) is 47.2 Å². The van der Waals surface area contributed by atoms with Gasteiger partial charge in [0.2, 0.25) is 0 Å². The first-order valence-electron chi connectivity index (χ1n) is 8.11. The molecule has 0 spiro atoms. The van der Waals surface area contributed by atoms with Gasteiger partial charge in [-0.1, -0.05) is 48.0 Å². The van der Waals surface area contributed by atoms with Gasteiger partial charge in [0.1, 0.15) is 5.02 Å². The molecule has 0 unspecified atom stereocenters.